The highest BCUT2D eigenvalue weighted by molar-refractivity contribution is 7.18. The van der Waals surface area contributed by atoms with E-state index < -0.39 is 0 Å². The van der Waals surface area contributed by atoms with Crippen molar-refractivity contribution in [3.05, 3.63) is 41.2 Å². The quantitative estimate of drug-likeness (QED) is 0.937. The summed E-state index contributed by atoms with van der Waals surface area (Å²) in [4.78, 5) is 26.9. The minimum Gasteiger partial charge on any atom is -0.459 e. The maximum atomic E-state index is 12.6. The van der Waals surface area contributed by atoms with E-state index in [0.717, 1.165) is 0 Å². The highest BCUT2D eigenvalue weighted by atomic mass is 32.1. The Morgan fingerprint density at radius 1 is 1.22 bits per heavy atom. The molecule has 7 heteroatoms. The lowest BCUT2D eigenvalue weighted by Crippen LogP contribution is -2.48. The number of rotatable bonds is 3. The summed E-state index contributed by atoms with van der Waals surface area (Å²) in [5, 5.41) is 3.35. The predicted molar refractivity (Wildman–Crippen MR) is 86.9 cm³/mol. The van der Waals surface area contributed by atoms with Crippen molar-refractivity contribution in [3.8, 4) is 0 Å². The highest BCUT2D eigenvalue weighted by Crippen LogP contribution is 2.25. The van der Waals surface area contributed by atoms with Crippen LogP contribution < -0.4 is 5.32 Å². The fourth-order valence-electron chi connectivity index (χ4n) is 2.60. The first-order chi connectivity index (χ1) is 11.0. The van der Waals surface area contributed by atoms with Gasteiger partial charge in [-0.05, 0) is 38.1 Å². The van der Waals surface area contributed by atoms with E-state index >= 15 is 0 Å². The molecule has 6 nitrogen and oxygen atoms in total. The number of amides is 2. The Labute approximate surface area is 138 Å². The summed E-state index contributed by atoms with van der Waals surface area (Å²) in [6.45, 7) is 5.07. The maximum Gasteiger partial charge on any atom is 0.291 e. The molecule has 23 heavy (non-hydrogen) atoms. The Hall–Kier alpha value is -2.12. The minimum absolute atomic E-state index is 0.0285. The Morgan fingerprint density at radius 2 is 1.96 bits per heavy atom. The van der Waals surface area contributed by atoms with E-state index in [2.05, 4.69) is 5.32 Å². The van der Waals surface area contributed by atoms with Gasteiger partial charge in [-0.1, -0.05) is 0 Å². The summed E-state index contributed by atoms with van der Waals surface area (Å²) in [7, 11) is 0. The van der Waals surface area contributed by atoms with E-state index in [1.54, 1.807) is 29.2 Å². The predicted octanol–water partition coefficient (Wildman–Crippen LogP) is 2.84. The smallest absolute Gasteiger partial charge is 0.291 e. The first-order valence-electron chi connectivity index (χ1n) is 7.42. The molecule has 2 atom stereocenters. The fraction of sp³-hybridized carbons (Fsp3) is 0.375. The SMILES string of the molecule is C[C@H]1CN(C(=O)c2ccc(NC(=O)c3ccco3)s2)C[C@H](C)O1. The van der Waals surface area contributed by atoms with E-state index in [1.165, 1.54) is 17.6 Å². The van der Waals surface area contributed by atoms with Crippen molar-refractivity contribution in [2.45, 2.75) is 26.1 Å². The average molecular weight is 334 g/mol. The first-order valence-corrected chi connectivity index (χ1v) is 8.24. The minimum atomic E-state index is -0.329. The van der Waals surface area contributed by atoms with Crippen LogP contribution in [0.1, 0.15) is 34.1 Å². The number of nitrogens with zero attached hydrogens (tertiary/aromatic N) is 1. The van der Waals surface area contributed by atoms with Gasteiger partial charge in [0.25, 0.3) is 11.8 Å². The molecular weight excluding hydrogens is 316 g/mol. The molecule has 0 radical (unpaired) electrons. The van der Waals surface area contributed by atoms with Crippen molar-refractivity contribution in [3.63, 3.8) is 0 Å². The fourth-order valence-corrected chi connectivity index (χ4v) is 3.47. The standard InChI is InChI=1S/C16H18N2O4S/c1-10-8-18(9-11(2)22-10)16(20)13-5-6-14(23-13)17-15(19)12-4-3-7-21-12/h3-7,10-11H,8-9H2,1-2H3,(H,17,19)/t10-,11-/m0/s1. The van der Waals surface area contributed by atoms with E-state index in [9.17, 15) is 9.59 Å². The Balaban J connectivity index is 1.66. The van der Waals surface area contributed by atoms with Crippen molar-refractivity contribution < 1.29 is 18.7 Å². The van der Waals surface area contributed by atoms with Crippen molar-refractivity contribution in [1.29, 1.82) is 0 Å². The lowest BCUT2D eigenvalue weighted by Gasteiger charge is -2.35. The number of hydrogen-bond acceptors (Lipinski definition) is 5. The number of anilines is 1. The van der Waals surface area contributed by atoms with Gasteiger partial charge in [0.1, 0.15) is 0 Å². The molecule has 1 aliphatic rings. The topological polar surface area (TPSA) is 71.8 Å². The van der Waals surface area contributed by atoms with Crippen LogP contribution in [0.25, 0.3) is 0 Å². The van der Waals surface area contributed by atoms with Gasteiger partial charge >= 0.3 is 0 Å². The molecule has 0 aromatic carbocycles. The lowest BCUT2D eigenvalue weighted by molar-refractivity contribution is -0.0585. The van der Waals surface area contributed by atoms with Gasteiger partial charge in [0.15, 0.2) is 5.76 Å². The first kappa shape index (κ1) is 15.8. The van der Waals surface area contributed by atoms with Crippen LogP contribution in [0, 0.1) is 0 Å². The third-order valence-electron chi connectivity index (χ3n) is 3.51. The molecule has 0 unspecified atom stereocenters. The van der Waals surface area contributed by atoms with E-state index in [4.69, 9.17) is 9.15 Å². The van der Waals surface area contributed by atoms with Crippen LogP contribution in [-0.4, -0.2) is 42.0 Å². The van der Waals surface area contributed by atoms with Crippen molar-refractivity contribution in [1.82, 2.24) is 4.90 Å². The molecule has 0 spiro atoms. The number of nitrogens with one attached hydrogen (secondary N) is 1. The van der Waals surface area contributed by atoms with Gasteiger partial charge in [-0.15, -0.1) is 11.3 Å². The normalized spacial score (nSPS) is 21.2. The molecular formula is C16H18N2O4S. The van der Waals surface area contributed by atoms with Crippen LogP contribution in [0.5, 0.6) is 0 Å². The molecule has 2 amide bonds. The van der Waals surface area contributed by atoms with Gasteiger partial charge in [0, 0.05) is 13.1 Å². The monoisotopic (exact) mass is 334 g/mol. The molecule has 3 rings (SSSR count). The second-order valence-corrected chi connectivity index (χ2v) is 6.65. The maximum absolute atomic E-state index is 12.6. The molecule has 1 N–H and O–H groups in total. The number of morpholine rings is 1. The molecule has 3 heterocycles. The van der Waals surface area contributed by atoms with Crippen molar-refractivity contribution >= 4 is 28.2 Å². The second-order valence-electron chi connectivity index (χ2n) is 5.56. The van der Waals surface area contributed by atoms with Gasteiger partial charge in [0.2, 0.25) is 0 Å². The summed E-state index contributed by atoms with van der Waals surface area (Å²) in [5.74, 6) is -0.123. The second kappa shape index (κ2) is 6.55. The third kappa shape index (κ3) is 3.62. The number of carbonyl (C=O) groups is 2. The zero-order valence-corrected chi connectivity index (χ0v) is 13.8. The molecule has 1 saturated heterocycles. The summed E-state index contributed by atoms with van der Waals surface area (Å²) in [5.41, 5.74) is 0. The van der Waals surface area contributed by atoms with Crippen LogP contribution >= 0.6 is 11.3 Å². The van der Waals surface area contributed by atoms with Crippen LogP contribution in [0.2, 0.25) is 0 Å². The Morgan fingerprint density at radius 3 is 2.61 bits per heavy atom. The van der Waals surface area contributed by atoms with Gasteiger partial charge in [0.05, 0.1) is 28.3 Å². The zero-order chi connectivity index (χ0) is 16.4. The van der Waals surface area contributed by atoms with Crippen LogP contribution in [0.15, 0.2) is 34.9 Å². The largest absolute Gasteiger partial charge is 0.459 e. The van der Waals surface area contributed by atoms with E-state index in [0.29, 0.717) is 23.0 Å². The van der Waals surface area contributed by atoms with Crippen LogP contribution in [0.4, 0.5) is 5.00 Å². The van der Waals surface area contributed by atoms with E-state index in [1.807, 2.05) is 13.8 Å². The number of carbonyl (C=O) groups excluding carboxylic acids is 2. The van der Waals surface area contributed by atoms with Crippen molar-refractivity contribution in [2.24, 2.45) is 0 Å². The zero-order valence-electron chi connectivity index (χ0n) is 12.9. The molecule has 122 valence electrons. The number of furan rings is 1. The van der Waals surface area contributed by atoms with Crippen LogP contribution in [-0.2, 0) is 4.74 Å². The molecule has 2 aromatic heterocycles. The summed E-state index contributed by atoms with van der Waals surface area (Å²) in [6, 6.07) is 6.70. The summed E-state index contributed by atoms with van der Waals surface area (Å²) >= 11 is 1.26. The van der Waals surface area contributed by atoms with Gasteiger partial charge in [-0.3, -0.25) is 9.59 Å². The molecule has 0 aliphatic carbocycles. The lowest BCUT2D eigenvalue weighted by atomic mass is 10.2. The Bertz CT molecular complexity index is 685. The van der Waals surface area contributed by atoms with Crippen LogP contribution in [0.3, 0.4) is 0 Å². The summed E-state index contributed by atoms with van der Waals surface area (Å²) in [6.07, 6.45) is 1.50. The Kier molecular flexibility index (Phi) is 4.49. The van der Waals surface area contributed by atoms with Gasteiger partial charge in [-0.2, -0.15) is 0 Å². The number of hydrogen-bond donors (Lipinski definition) is 1. The third-order valence-corrected chi connectivity index (χ3v) is 4.49. The number of thiophene rings is 1. The van der Waals surface area contributed by atoms with Crippen molar-refractivity contribution in [2.75, 3.05) is 18.4 Å². The van der Waals surface area contributed by atoms with Gasteiger partial charge < -0.3 is 19.4 Å². The van der Waals surface area contributed by atoms with E-state index in [-0.39, 0.29) is 29.8 Å². The molecule has 1 aliphatic heterocycles. The molecule has 0 saturated carbocycles. The summed E-state index contributed by atoms with van der Waals surface area (Å²) < 4.78 is 10.7. The van der Waals surface area contributed by atoms with Gasteiger partial charge in [-0.25, -0.2) is 0 Å². The molecule has 0 bridgehead atoms. The highest BCUT2D eigenvalue weighted by Gasteiger charge is 2.27. The molecule has 1 fully saturated rings. The average Bonchev–Trinajstić information content (AvgIpc) is 3.16. The number of ether oxygens (including phenoxy) is 1. The molecule has 2 aromatic rings.